The van der Waals surface area contributed by atoms with Crippen LogP contribution in [-0.4, -0.2) is 38.8 Å². The maximum Gasteiger partial charge on any atom is 0.240 e. The summed E-state index contributed by atoms with van der Waals surface area (Å²) in [5, 5.41) is 2.87. The molecule has 0 heterocycles. The summed E-state index contributed by atoms with van der Waals surface area (Å²) >= 11 is 0. The molecule has 1 aromatic rings. The molecule has 1 aromatic carbocycles. The molecule has 7 heteroatoms. The molecule has 1 amide bonds. The molecule has 0 radical (unpaired) electrons. The predicted molar refractivity (Wildman–Crippen MR) is 95.3 cm³/mol. The molecule has 0 aliphatic heterocycles. The van der Waals surface area contributed by atoms with Crippen LogP contribution in [0, 0.1) is 0 Å². The fourth-order valence-corrected chi connectivity index (χ4v) is 2.78. The highest BCUT2D eigenvalue weighted by atomic mass is 35.5. The molecule has 3 N–H and O–H groups in total. The standard InChI is InChI=1S/C17H26N2O4.ClH/c1-21-13-10-14(22-2)12-15(11-13)23-9-8-19-16(20)17(18)6-4-3-5-7-17;/h10-12H,3-9,18H2,1-2H3,(H,19,20);1H. The molecule has 2 rings (SSSR count). The highest BCUT2D eigenvalue weighted by Gasteiger charge is 2.34. The van der Waals surface area contributed by atoms with Crippen molar-refractivity contribution in [2.24, 2.45) is 5.73 Å². The quantitative estimate of drug-likeness (QED) is 0.731. The van der Waals surface area contributed by atoms with Crippen molar-refractivity contribution in [1.29, 1.82) is 0 Å². The van der Waals surface area contributed by atoms with E-state index in [-0.39, 0.29) is 18.3 Å². The van der Waals surface area contributed by atoms with E-state index in [1.165, 1.54) is 0 Å². The van der Waals surface area contributed by atoms with E-state index >= 15 is 0 Å². The van der Waals surface area contributed by atoms with E-state index in [0.29, 0.717) is 30.4 Å². The van der Waals surface area contributed by atoms with Crippen molar-refractivity contribution in [2.45, 2.75) is 37.6 Å². The Morgan fingerprint density at radius 1 is 1.08 bits per heavy atom. The van der Waals surface area contributed by atoms with E-state index in [0.717, 1.165) is 32.1 Å². The van der Waals surface area contributed by atoms with E-state index in [1.807, 2.05) is 0 Å². The lowest BCUT2D eigenvalue weighted by Crippen LogP contribution is -2.55. The summed E-state index contributed by atoms with van der Waals surface area (Å²) in [5.41, 5.74) is 5.47. The average molecular weight is 359 g/mol. The largest absolute Gasteiger partial charge is 0.496 e. The Bertz CT molecular complexity index is 511. The third-order valence-electron chi connectivity index (χ3n) is 4.18. The molecule has 0 bridgehead atoms. The number of rotatable bonds is 7. The number of carbonyl (C=O) groups excluding carboxylic acids is 1. The fraction of sp³-hybridized carbons (Fsp3) is 0.588. The molecule has 1 fully saturated rings. The second-order valence-electron chi connectivity index (χ2n) is 5.87. The van der Waals surface area contributed by atoms with Gasteiger partial charge in [0.25, 0.3) is 0 Å². The number of ether oxygens (including phenoxy) is 3. The number of carbonyl (C=O) groups is 1. The minimum Gasteiger partial charge on any atom is -0.496 e. The SMILES string of the molecule is COc1cc(OC)cc(OCCNC(=O)C2(N)CCCCC2)c1.Cl. The van der Waals surface area contributed by atoms with Gasteiger partial charge in [-0.25, -0.2) is 0 Å². The van der Waals surface area contributed by atoms with Gasteiger partial charge in [0, 0.05) is 18.2 Å². The Hall–Kier alpha value is -1.66. The molecule has 1 saturated carbocycles. The third kappa shape index (κ3) is 5.46. The van der Waals surface area contributed by atoms with Crippen LogP contribution in [0.2, 0.25) is 0 Å². The van der Waals surface area contributed by atoms with Gasteiger partial charge in [0.15, 0.2) is 0 Å². The first kappa shape index (κ1) is 20.4. The summed E-state index contributed by atoms with van der Waals surface area (Å²) in [6, 6.07) is 5.32. The molecule has 0 unspecified atom stereocenters. The van der Waals surface area contributed by atoms with Gasteiger partial charge < -0.3 is 25.3 Å². The normalized spacial score (nSPS) is 15.8. The predicted octanol–water partition coefficient (Wildman–Crippen LogP) is 2.28. The number of hydrogen-bond donors (Lipinski definition) is 2. The zero-order valence-corrected chi connectivity index (χ0v) is 15.1. The second kappa shape index (κ2) is 9.59. The van der Waals surface area contributed by atoms with Crippen molar-refractivity contribution >= 4 is 18.3 Å². The van der Waals surface area contributed by atoms with Crippen molar-refractivity contribution in [3.8, 4) is 17.2 Å². The molecular weight excluding hydrogens is 332 g/mol. The fourth-order valence-electron chi connectivity index (χ4n) is 2.78. The van der Waals surface area contributed by atoms with E-state index in [4.69, 9.17) is 19.9 Å². The molecule has 0 saturated heterocycles. The van der Waals surface area contributed by atoms with Crippen molar-refractivity contribution in [3.63, 3.8) is 0 Å². The van der Waals surface area contributed by atoms with Gasteiger partial charge in [-0.05, 0) is 12.8 Å². The van der Waals surface area contributed by atoms with Gasteiger partial charge in [0.1, 0.15) is 23.9 Å². The number of nitrogens with one attached hydrogen (secondary N) is 1. The molecule has 1 aliphatic carbocycles. The molecule has 136 valence electrons. The summed E-state index contributed by atoms with van der Waals surface area (Å²) in [5.74, 6) is 1.87. The maximum absolute atomic E-state index is 12.2. The van der Waals surface area contributed by atoms with Crippen LogP contribution in [0.4, 0.5) is 0 Å². The number of halogens is 1. The first-order valence-corrected chi connectivity index (χ1v) is 8.00. The summed E-state index contributed by atoms with van der Waals surface area (Å²) in [6.07, 6.45) is 4.71. The summed E-state index contributed by atoms with van der Waals surface area (Å²) in [7, 11) is 3.17. The van der Waals surface area contributed by atoms with Crippen molar-refractivity contribution in [2.75, 3.05) is 27.4 Å². The van der Waals surface area contributed by atoms with Gasteiger partial charge in [-0.3, -0.25) is 4.79 Å². The van der Waals surface area contributed by atoms with Crippen molar-refractivity contribution < 1.29 is 19.0 Å². The van der Waals surface area contributed by atoms with Gasteiger partial charge in [-0.15, -0.1) is 12.4 Å². The highest BCUT2D eigenvalue weighted by Crippen LogP contribution is 2.27. The lowest BCUT2D eigenvalue weighted by atomic mass is 9.82. The van der Waals surface area contributed by atoms with Gasteiger partial charge in [-0.2, -0.15) is 0 Å². The Morgan fingerprint density at radius 2 is 1.62 bits per heavy atom. The Labute approximate surface area is 149 Å². The lowest BCUT2D eigenvalue weighted by Gasteiger charge is -2.31. The van der Waals surface area contributed by atoms with Crippen LogP contribution in [-0.2, 0) is 4.79 Å². The molecule has 0 atom stereocenters. The Balaban J connectivity index is 0.00000288. The highest BCUT2D eigenvalue weighted by molar-refractivity contribution is 5.86. The minimum atomic E-state index is -0.711. The zero-order valence-electron chi connectivity index (χ0n) is 14.3. The molecular formula is C17H27ClN2O4. The average Bonchev–Trinajstić information content (AvgIpc) is 2.58. The Morgan fingerprint density at radius 3 is 2.17 bits per heavy atom. The van der Waals surface area contributed by atoms with Crippen LogP contribution in [0.5, 0.6) is 17.2 Å². The first-order valence-electron chi connectivity index (χ1n) is 8.00. The second-order valence-corrected chi connectivity index (χ2v) is 5.87. The van der Waals surface area contributed by atoms with E-state index in [9.17, 15) is 4.79 Å². The van der Waals surface area contributed by atoms with Gasteiger partial charge in [0.2, 0.25) is 5.91 Å². The van der Waals surface area contributed by atoms with E-state index < -0.39 is 5.54 Å². The number of amides is 1. The van der Waals surface area contributed by atoms with Gasteiger partial charge >= 0.3 is 0 Å². The summed E-state index contributed by atoms with van der Waals surface area (Å²) in [6.45, 7) is 0.773. The summed E-state index contributed by atoms with van der Waals surface area (Å²) in [4.78, 5) is 12.2. The van der Waals surface area contributed by atoms with Gasteiger partial charge in [-0.1, -0.05) is 19.3 Å². The monoisotopic (exact) mass is 358 g/mol. The zero-order chi connectivity index (χ0) is 16.7. The molecule has 1 aliphatic rings. The number of nitrogens with two attached hydrogens (primary N) is 1. The number of methoxy groups -OCH3 is 2. The van der Waals surface area contributed by atoms with Crippen LogP contribution in [0.3, 0.4) is 0 Å². The van der Waals surface area contributed by atoms with E-state index in [2.05, 4.69) is 5.32 Å². The molecule has 24 heavy (non-hydrogen) atoms. The van der Waals surface area contributed by atoms with Crippen LogP contribution in [0.15, 0.2) is 18.2 Å². The molecule has 6 nitrogen and oxygen atoms in total. The van der Waals surface area contributed by atoms with Gasteiger partial charge in [0.05, 0.1) is 26.3 Å². The van der Waals surface area contributed by atoms with Crippen LogP contribution < -0.4 is 25.3 Å². The van der Waals surface area contributed by atoms with Crippen LogP contribution in [0.25, 0.3) is 0 Å². The topological polar surface area (TPSA) is 82.8 Å². The minimum absolute atomic E-state index is 0. The number of benzene rings is 1. The molecule has 0 spiro atoms. The van der Waals surface area contributed by atoms with Crippen LogP contribution in [0.1, 0.15) is 32.1 Å². The lowest BCUT2D eigenvalue weighted by molar-refractivity contribution is -0.127. The Kier molecular flexibility index (Phi) is 8.15. The molecule has 0 aromatic heterocycles. The maximum atomic E-state index is 12.2. The number of hydrogen-bond acceptors (Lipinski definition) is 5. The first-order chi connectivity index (χ1) is 11.1. The third-order valence-corrected chi connectivity index (χ3v) is 4.18. The van der Waals surface area contributed by atoms with E-state index in [1.54, 1.807) is 32.4 Å². The van der Waals surface area contributed by atoms with Crippen LogP contribution >= 0.6 is 12.4 Å². The smallest absolute Gasteiger partial charge is 0.240 e. The summed E-state index contributed by atoms with van der Waals surface area (Å²) < 4.78 is 16.0. The van der Waals surface area contributed by atoms with Crippen molar-refractivity contribution in [3.05, 3.63) is 18.2 Å². The van der Waals surface area contributed by atoms with Crippen molar-refractivity contribution in [1.82, 2.24) is 5.32 Å².